The summed E-state index contributed by atoms with van der Waals surface area (Å²) in [7, 11) is 0. The van der Waals surface area contributed by atoms with Gasteiger partial charge in [0.15, 0.2) is 0 Å². The summed E-state index contributed by atoms with van der Waals surface area (Å²) < 4.78 is 5.16. The minimum atomic E-state index is -0.542. The molecular formula is C14H16N2O3. The van der Waals surface area contributed by atoms with Gasteiger partial charge in [-0.25, -0.2) is 0 Å². The molecule has 0 saturated heterocycles. The lowest BCUT2D eigenvalue weighted by Crippen LogP contribution is -2.31. The number of hydrogen-bond donors (Lipinski definition) is 1. The number of fused-ring (bicyclic) bond motifs is 1. The van der Waals surface area contributed by atoms with Gasteiger partial charge < -0.3 is 14.7 Å². The van der Waals surface area contributed by atoms with Crippen LogP contribution in [0.15, 0.2) is 18.2 Å². The molecule has 0 aromatic heterocycles. The van der Waals surface area contributed by atoms with E-state index in [9.17, 15) is 10.1 Å². The van der Waals surface area contributed by atoms with Gasteiger partial charge in [0.1, 0.15) is 6.04 Å². The van der Waals surface area contributed by atoms with Crippen LogP contribution in [0, 0.1) is 18.3 Å². The van der Waals surface area contributed by atoms with E-state index in [2.05, 4.69) is 6.07 Å². The van der Waals surface area contributed by atoms with E-state index in [0.717, 1.165) is 11.1 Å². The van der Waals surface area contributed by atoms with Crippen LogP contribution in [0.2, 0.25) is 0 Å². The van der Waals surface area contributed by atoms with Crippen LogP contribution in [0.3, 0.4) is 0 Å². The van der Waals surface area contributed by atoms with Crippen molar-refractivity contribution in [1.29, 1.82) is 5.26 Å². The fourth-order valence-corrected chi connectivity index (χ4v) is 2.34. The SMILES string of the molecule is Cc1cccc2c1C(=O)N(CCOCCO)C2C#N. The lowest BCUT2D eigenvalue weighted by molar-refractivity contribution is 0.0557. The maximum atomic E-state index is 12.3. The van der Waals surface area contributed by atoms with Crippen molar-refractivity contribution in [3.05, 3.63) is 34.9 Å². The van der Waals surface area contributed by atoms with Crippen LogP contribution in [0.25, 0.3) is 0 Å². The molecule has 1 amide bonds. The number of carbonyl (C=O) groups is 1. The van der Waals surface area contributed by atoms with Crippen LogP contribution in [0.5, 0.6) is 0 Å². The first kappa shape index (κ1) is 13.5. The van der Waals surface area contributed by atoms with Crippen LogP contribution >= 0.6 is 0 Å². The number of ether oxygens (including phenoxy) is 1. The summed E-state index contributed by atoms with van der Waals surface area (Å²) in [6.45, 7) is 2.74. The molecule has 0 aliphatic carbocycles. The van der Waals surface area contributed by atoms with E-state index in [1.165, 1.54) is 4.90 Å². The number of aliphatic hydroxyl groups excluding tert-OH is 1. The second kappa shape index (κ2) is 5.83. The van der Waals surface area contributed by atoms with E-state index in [4.69, 9.17) is 9.84 Å². The lowest BCUT2D eigenvalue weighted by Gasteiger charge is -2.19. The first-order chi connectivity index (χ1) is 9.20. The third-order valence-electron chi connectivity index (χ3n) is 3.22. The van der Waals surface area contributed by atoms with Gasteiger partial charge in [-0.1, -0.05) is 18.2 Å². The predicted octanol–water partition coefficient (Wildman–Crippen LogP) is 1.02. The van der Waals surface area contributed by atoms with Gasteiger partial charge in [0.25, 0.3) is 5.91 Å². The minimum absolute atomic E-state index is 0.0467. The maximum absolute atomic E-state index is 12.3. The third-order valence-corrected chi connectivity index (χ3v) is 3.22. The van der Waals surface area contributed by atoms with Crippen molar-refractivity contribution in [2.24, 2.45) is 0 Å². The van der Waals surface area contributed by atoms with Crippen molar-refractivity contribution < 1.29 is 14.6 Å². The molecule has 0 bridgehead atoms. The van der Waals surface area contributed by atoms with Gasteiger partial charge in [-0.05, 0) is 12.5 Å². The number of benzene rings is 1. The molecule has 1 atom stereocenters. The quantitative estimate of drug-likeness (QED) is 0.802. The molecule has 1 unspecified atom stereocenters. The first-order valence-electron chi connectivity index (χ1n) is 6.19. The molecule has 2 rings (SSSR count). The molecule has 1 N–H and O–H groups in total. The summed E-state index contributed by atoms with van der Waals surface area (Å²) in [5, 5.41) is 17.9. The fraction of sp³-hybridized carbons (Fsp3) is 0.429. The van der Waals surface area contributed by atoms with E-state index in [-0.39, 0.29) is 19.1 Å². The van der Waals surface area contributed by atoms with E-state index in [0.29, 0.717) is 18.7 Å². The number of hydrogen-bond acceptors (Lipinski definition) is 4. The van der Waals surface area contributed by atoms with E-state index < -0.39 is 6.04 Å². The van der Waals surface area contributed by atoms with Crippen molar-refractivity contribution in [3.63, 3.8) is 0 Å². The van der Waals surface area contributed by atoms with Gasteiger partial charge in [-0.3, -0.25) is 4.79 Å². The molecular weight excluding hydrogens is 244 g/mol. The van der Waals surface area contributed by atoms with Gasteiger partial charge in [-0.2, -0.15) is 5.26 Å². The zero-order valence-electron chi connectivity index (χ0n) is 10.8. The number of amides is 1. The van der Waals surface area contributed by atoms with Crippen LogP contribution in [-0.2, 0) is 4.74 Å². The maximum Gasteiger partial charge on any atom is 0.255 e. The summed E-state index contributed by atoms with van der Waals surface area (Å²) in [5.74, 6) is -0.118. The third kappa shape index (κ3) is 2.46. The average molecular weight is 260 g/mol. The monoisotopic (exact) mass is 260 g/mol. The second-order valence-electron chi connectivity index (χ2n) is 4.41. The highest BCUT2D eigenvalue weighted by molar-refractivity contribution is 6.01. The van der Waals surface area contributed by atoms with Gasteiger partial charge >= 0.3 is 0 Å². The molecule has 5 nitrogen and oxygen atoms in total. The highest BCUT2D eigenvalue weighted by Gasteiger charge is 2.37. The Balaban J connectivity index is 2.17. The summed E-state index contributed by atoms with van der Waals surface area (Å²) >= 11 is 0. The number of carbonyl (C=O) groups excluding carboxylic acids is 1. The van der Waals surface area contributed by atoms with E-state index >= 15 is 0 Å². The van der Waals surface area contributed by atoms with Crippen molar-refractivity contribution in [2.45, 2.75) is 13.0 Å². The first-order valence-corrected chi connectivity index (χ1v) is 6.19. The molecule has 0 fully saturated rings. The van der Waals surface area contributed by atoms with E-state index in [1.807, 2.05) is 25.1 Å². The molecule has 0 radical (unpaired) electrons. The standard InChI is InChI=1S/C14H16N2O3/c1-10-3-2-4-11-12(9-15)16(14(18)13(10)11)5-7-19-8-6-17/h2-4,12,17H,5-8H2,1H3. The summed E-state index contributed by atoms with van der Waals surface area (Å²) in [6.07, 6.45) is 0. The predicted molar refractivity (Wildman–Crippen MR) is 68.5 cm³/mol. The molecule has 1 aliphatic rings. The molecule has 1 heterocycles. The Morgan fingerprint density at radius 3 is 2.95 bits per heavy atom. The Hall–Kier alpha value is -1.90. The van der Waals surface area contributed by atoms with Gasteiger partial charge in [0.05, 0.1) is 25.9 Å². The van der Waals surface area contributed by atoms with Crippen molar-refractivity contribution in [1.82, 2.24) is 4.90 Å². The number of nitriles is 1. The number of nitrogens with zero attached hydrogens (tertiary/aromatic N) is 2. The average Bonchev–Trinajstić information content (AvgIpc) is 2.68. The van der Waals surface area contributed by atoms with Gasteiger partial charge in [0, 0.05) is 17.7 Å². The summed E-state index contributed by atoms with van der Waals surface area (Å²) in [5.41, 5.74) is 2.30. The van der Waals surface area contributed by atoms with Crippen LogP contribution in [0.1, 0.15) is 27.5 Å². The molecule has 100 valence electrons. The van der Waals surface area contributed by atoms with Crippen molar-refractivity contribution in [2.75, 3.05) is 26.4 Å². The molecule has 1 aromatic rings. The zero-order chi connectivity index (χ0) is 13.8. The summed E-state index contributed by atoms with van der Waals surface area (Å²) in [4.78, 5) is 13.8. The molecule has 0 spiro atoms. The Bertz CT molecular complexity index is 522. The highest BCUT2D eigenvalue weighted by atomic mass is 16.5. The largest absolute Gasteiger partial charge is 0.394 e. The molecule has 0 saturated carbocycles. The lowest BCUT2D eigenvalue weighted by atomic mass is 10.0. The summed E-state index contributed by atoms with van der Waals surface area (Å²) in [6, 6.07) is 7.18. The van der Waals surface area contributed by atoms with Crippen LogP contribution < -0.4 is 0 Å². The zero-order valence-corrected chi connectivity index (χ0v) is 10.8. The van der Waals surface area contributed by atoms with Gasteiger partial charge in [0.2, 0.25) is 0 Å². The number of aliphatic hydroxyl groups is 1. The Labute approximate surface area is 112 Å². The smallest absolute Gasteiger partial charge is 0.255 e. The van der Waals surface area contributed by atoms with Crippen molar-refractivity contribution in [3.8, 4) is 6.07 Å². The normalized spacial score (nSPS) is 17.4. The van der Waals surface area contributed by atoms with Gasteiger partial charge in [-0.15, -0.1) is 0 Å². The Kier molecular flexibility index (Phi) is 4.15. The highest BCUT2D eigenvalue weighted by Crippen LogP contribution is 2.34. The molecule has 1 aromatic carbocycles. The van der Waals surface area contributed by atoms with E-state index in [1.54, 1.807) is 0 Å². The Morgan fingerprint density at radius 1 is 1.47 bits per heavy atom. The molecule has 5 heteroatoms. The molecule has 19 heavy (non-hydrogen) atoms. The van der Waals surface area contributed by atoms with Crippen molar-refractivity contribution >= 4 is 5.91 Å². The minimum Gasteiger partial charge on any atom is -0.394 e. The number of aryl methyl sites for hydroxylation is 1. The Morgan fingerprint density at radius 2 is 2.26 bits per heavy atom. The topological polar surface area (TPSA) is 73.6 Å². The van der Waals surface area contributed by atoms with Crippen LogP contribution in [-0.4, -0.2) is 42.3 Å². The second-order valence-corrected chi connectivity index (χ2v) is 4.41. The molecule has 1 aliphatic heterocycles. The fourth-order valence-electron chi connectivity index (χ4n) is 2.34. The van der Waals surface area contributed by atoms with Crippen LogP contribution in [0.4, 0.5) is 0 Å². The number of rotatable bonds is 5.